The SMILES string of the molecule is CCCNC(=O)c1nn(CC)cc1NC(=O)c1ccc(COc2ccc([N+](=O)[O-])c(C)c2)o1. The lowest BCUT2D eigenvalue weighted by Gasteiger charge is -2.06. The Kier molecular flexibility index (Phi) is 7.44. The highest BCUT2D eigenvalue weighted by Crippen LogP contribution is 2.24. The molecule has 3 aromatic rings. The van der Waals surface area contributed by atoms with E-state index in [9.17, 15) is 19.7 Å². The number of furan rings is 1. The molecule has 0 bridgehead atoms. The van der Waals surface area contributed by atoms with Crippen molar-refractivity contribution in [1.29, 1.82) is 0 Å². The van der Waals surface area contributed by atoms with Crippen LogP contribution in [0.25, 0.3) is 0 Å². The van der Waals surface area contributed by atoms with Crippen LogP contribution in [0.1, 0.15) is 52.6 Å². The molecule has 0 saturated carbocycles. The topological polar surface area (TPSA) is 142 Å². The second-order valence-electron chi connectivity index (χ2n) is 7.22. The maximum absolute atomic E-state index is 12.7. The lowest BCUT2D eigenvalue weighted by molar-refractivity contribution is -0.385. The highest BCUT2D eigenvalue weighted by molar-refractivity contribution is 6.07. The van der Waals surface area contributed by atoms with Gasteiger partial charge in [-0.05, 0) is 44.5 Å². The van der Waals surface area contributed by atoms with E-state index in [2.05, 4.69) is 15.7 Å². The third-order valence-corrected chi connectivity index (χ3v) is 4.72. The van der Waals surface area contributed by atoms with E-state index in [1.165, 1.54) is 18.2 Å². The molecule has 0 saturated heterocycles. The quantitative estimate of drug-likeness (QED) is 0.351. The summed E-state index contributed by atoms with van der Waals surface area (Å²) in [6.07, 6.45) is 2.36. The van der Waals surface area contributed by atoms with Crippen molar-refractivity contribution in [3.05, 3.63) is 69.4 Å². The molecule has 1 aromatic carbocycles. The van der Waals surface area contributed by atoms with Crippen LogP contribution < -0.4 is 15.4 Å². The van der Waals surface area contributed by atoms with E-state index in [1.807, 2.05) is 13.8 Å². The highest BCUT2D eigenvalue weighted by atomic mass is 16.6. The molecule has 2 amide bonds. The van der Waals surface area contributed by atoms with Gasteiger partial charge in [0.15, 0.2) is 11.5 Å². The fraction of sp³-hybridized carbons (Fsp3) is 0.318. The van der Waals surface area contributed by atoms with Crippen LogP contribution in [-0.4, -0.2) is 33.1 Å². The smallest absolute Gasteiger partial charge is 0.291 e. The van der Waals surface area contributed by atoms with E-state index in [0.717, 1.165) is 6.42 Å². The summed E-state index contributed by atoms with van der Waals surface area (Å²) in [7, 11) is 0. The van der Waals surface area contributed by atoms with E-state index in [0.29, 0.717) is 30.2 Å². The Hall–Kier alpha value is -4.15. The largest absolute Gasteiger partial charge is 0.486 e. The number of nitro benzene ring substituents is 1. The molecule has 3 rings (SSSR count). The first kappa shape index (κ1) is 23.5. The number of aryl methyl sites for hydroxylation is 2. The fourth-order valence-corrected chi connectivity index (χ4v) is 3.00. The molecular weight excluding hydrogens is 430 g/mol. The molecule has 0 aliphatic heterocycles. The van der Waals surface area contributed by atoms with Gasteiger partial charge in [0.1, 0.15) is 18.1 Å². The Balaban J connectivity index is 1.65. The van der Waals surface area contributed by atoms with Crippen LogP contribution in [0, 0.1) is 17.0 Å². The van der Waals surface area contributed by atoms with Gasteiger partial charge in [0.2, 0.25) is 0 Å². The number of rotatable bonds is 10. The minimum atomic E-state index is -0.535. The highest BCUT2D eigenvalue weighted by Gasteiger charge is 2.20. The number of hydrogen-bond donors (Lipinski definition) is 2. The van der Waals surface area contributed by atoms with Gasteiger partial charge < -0.3 is 19.8 Å². The van der Waals surface area contributed by atoms with Crippen LogP contribution in [0.4, 0.5) is 11.4 Å². The van der Waals surface area contributed by atoms with Gasteiger partial charge in [-0.2, -0.15) is 5.10 Å². The molecule has 0 unspecified atom stereocenters. The molecule has 0 aliphatic carbocycles. The van der Waals surface area contributed by atoms with Gasteiger partial charge in [-0.3, -0.25) is 24.4 Å². The second kappa shape index (κ2) is 10.4. The number of carbonyl (C=O) groups excluding carboxylic acids is 2. The molecule has 0 aliphatic rings. The lowest BCUT2D eigenvalue weighted by atomic mass is 10.2. The summed E-state index contributed by atoms with van der Waals surface area (Å²) in [6.45, 7) is 6.50. The molecule has 11 nitrogen and oxygen atoms in total. The van der Waals surface area contributed by atoms with E-state index >= 15 is 0 Å². The van der Waals surface area contributed by atoms with Crippen LogP contribution in [0.2, 0.25) is 0 Å². The fourth-order valence-electron chi connectivity index (χ4n) is 3.00. The Morgan fingerprint density at radius 2 is 2.00 bits per heavy atom. The van der Waals surface area contributed by atoms with Crippen molar-refractivity contribution in [3.63, 3.8) is 0 Å². The third kappa shape index (κ3) is 5.76. The zero-order chi connectivity index (χ0) is 24.0. The van der Waals surface area contributed by atoms with Crippen LogP contribution >= 0.6 is 0 Å². The first-order chi connectivity index (χ1) is 15.8. The number of benzene rings is 1. The summed E-state index contributed by atoms with van der Waals surface area (Å²) in [5, 5.41) is 20.6. The van der Waals surface area contributed by atoms with Gasteiger partial charge in [-0.1, -0.05) is 6.92 Å². The Morgan fingerprint density at radius 1 is 1.21 bits per heavy atom. The normalized spacial score (nSPS) is 10.6. The van der Waals surface area contributed by atoms with Gasteiger partial charge in [-0.25, -0.2) is 0 Å². The second-order valence-corrected chi connectivity index (χ2v) is 7.22. The number of hydrogen-bond acceptors (Lipinski definition) is 7. The number of anilines is 1. The van der Waals surface area contributed by atoms with Crippen molar-refractivity contribution >= 4 is 23.2 Å². The average molecular weight is 455 g/mol. The number of amides is 2. The maximum atomic E-state index is 12.7. The van der Waals surface area contributed by atoms with Crippen molar-refractivity contribution in [1.82, 2.24) is 15.1 Å². The van der Waals surface area contributed by atoms with Gasteiger partial charge in [0, 0.05) is 30.9 Å². The molecular formula is C22H25N5O6. The summed E-state index contributed by atoms with van der Waals surface area (Å²) in [6, 6.07) is 7.52. The summed E-state index contributed by atoms with van der Waals surface area (Å²) >= 11 is 0. The predicted molar refractivity (Wildman–Crippen MR) is 119 cm³/mol. The summed E-state index contributed by atoms with van der Waals surface area (Å²) in [4.78, 5) is 35.5. The molecule has 0 spiro atoms. The number of ether oxygens (including phenoxy) is 1. The monoisotopic (exact) mass is 455 g/mol. The first-order valence-electron chi connectivity index (χ1n) is 10.5. The Bertz CT molecular complexity index is 1170. The number of nitrogens with one attached hydrogen (secondary N) is 2. The molecule has 174 valence electrons. The number of carbonyl (C=O) groups is 2. The van der Waals surface area contributed by atoms with Crippen molar-refractivity contribution in [2.75, 3.05) is 11.9 Å². The molecule has 2 N–H and O–H groups in total. The van der Waals surface area contributed by atoms with Crippen LogP contribution in [0.15, 0.2) is 40.9 Å². The minimum absolute atomic E-state index is 0.00782. The molecule has 11 heteroatoms. The molecule has 0 atom stereocenters. The predicted octanol–water partition coefficient (Wildman–Crippen LogP) is 3.68. The van der Waals surface area contributed by atoms with E-state index in [4.69, 9.17) is 9.15 Å². The first-order valence-corrected chi connectivity index (χ1v) is 10.5. The van der Waals surface area contributed by atoms with Crippen LogP contribution in [0.5, 0.6) is 5.75 Å². The van der Waals surface area contributed by atoms with Crippen molar-refractivity contribution < 1.29 is 23.7 Å². The van der Waals surface area contributed by atoms with E-state index < -0.39 is 10.8 Å². The molecule has 33 heavy (non-hydrogen) atoms. The maximum Gasteiger partial charge on any atom is 0.291 e. The summed E-state index contributed by atoms with van der Waals surface area (Å²) in [5.41, 5.74) is 0.894. The molecule has 2 heterocycles. The standard InChI is InChI=1S/C22H25N5O6/c1-4-10-23-22(29)20-17(12-26(5-2)25-20)24-21(28)19-9-7-16(33-19)13-32-15-6-8-18(27(30)31)14(3)11-15/h6-9,11-12H,4-5,10,13H2,1-3H3,(H,23,29)(H,24,28). The molecule has 0 fully saturated rings. The summed E-state index contributed by atoms with van der Waals surface area (Å²) < 4.78 is 12.7. The minimum Gasteiger partial charge on any atom is -0.486 e. The zero-order valence-electron chi connectivity index (χ0n) is 18.6. The Morgan fingerprint density at radius 3 is 2.67 bits per heavy atom. The average Bonchev–Trinajstić information content (AvgIpc) is 3.43. The Labute approximate surface area is 189 Å². The molecule has 2 aromatic heterocycles. The van der Waals surface area contributed by atoms with E-state index in [-0.39, 0.29) is 35.3 Å². The third-order valence-electron chi connectivity index (χ3n) is 4.72. The molecule has 0 radical (unpaired) electrons. The number of aromatic nitrogens is 2. The lowest BCUT2D eigenvalue weighted by Crippen LogP contribution is -2.26. The van der Waals surface area contributed by atoms with E-state index in [1.54, 1.807) is 29.9 Å². The van der Waals surface area contributed by atoms with Gasteiger partial charge in [0.25, 0.3) is 17.5 Å². The zero-order valence-corrected chi connectivity index (χ0v) is 18.6. The summed E-state index contributed by atoms with van der Waals surface area (Å²) in [5.74, 6) is -0.0342. The van der Waals surface area contributed by atoms with Crippen molar-refractivity contribution in [3.8, 4) is 5.75 Å². The van der Waals surface area contributed by atoms with Crippen molar-refractivity contribution in [2.45, 2.75) is 40.3 Å². The number of nitrogens with zero attached hydrogens (tertiary/aromatic N) is 3. The van der Waals surface area contributed by atoms with Crippen LogP contribution in [-0.2, 0) is 13.2 Å². The van der Waals surface area contributed by atoms with Gasteiger partial charge in [-0.15, -0.1) is 0 Å². The number of nitro groups is 1. The van der Waals surface area contributed by atoms with Crippen LogP contribution in [0.3, 0.4) is 0 Å². The van der Waals surface area contributed by atoms with Gasteiger partial charge in [0.05, 0.1) is 10.6 Å². The van der Waals surface area contributed by atoms with Gasteiger partial charge >= 0.3 is 0 Å². The van der Waals surface area contributed by atoms with Crippen molar-refractivity contribution in [2.24, 2.45) is 0 Å².